The molecule has 0 aromatic heterocycles. The van der Waals surface area contributed by atoms with Crippen molar-refractivity contribution < 1.29 is 27.5 Å². The molecule has 168 valence electrons. The van der Waals surface area contributed by atoms with Crippen LogP contribution in [0.25, 0.3) is 0 Å². The molecule has 1 atom stereocenters. The molecule has 1 fully saturated rings. The summed E-state index contributed by atoms with van der Waals surface area (Å²) in [6.07, 6.45) is 0.448. The average molecular weight is 458 g/mol. The molecule has 0 unspecified atom stereocenters. The Kier molecular flexibility index (Phi) is 5.98. The van der Waals surface area contributed by atoms with E-state index in [4.69, 9.17) is 9.88 Å². The number of rotatable bonds is 4. The van der Waals surface area contributed by atoms with Crippen molar-refractivity contribution in [3.8, 4) is 0 Å². The molecule has 10 heteroatoms. The van der Waals surface area contributed by atoms with E-state index in [1.165, 1.54) is 24.3 Å². The zero-order chi connectivity index (χ0) is 22.9. The number of piperidine rings is 1. The highest BCUT2D eigenvalue weighted by molar-refractivity contribution is 7.89. The fraction of sp³-hybridized carbons (Fsp3) is 0.318. The number of hydrogen-bond donors (Lipinski definition) is 2. The summed E-state index contributed by atoms with van der Waals surface area (Å²) in [7, 11) is -3.79. The van der Waals surface area contributed by atoms with Crippen molar-refractivity contribution in [1.29, 1.82) is 0 Å². The molecule has 0 spiro atoms. The Balaban J connectivity index is 1.31. The van der Waals surface area contributed by atoms with Crippen LogP contribution in [0, 0.1) is 5.92 Å². The van der Waals surface area contributed by atoms with Gasteiger partial charge in [-0.15, -0.1) is 0 Å². The maximum atomic E-state index is 12.9. The molecule has 0 bridgehead atoms. The minimum Gasteiger partial charge on any atom is -0.448 e. The number of anilines is 1. The number of likely N-dealkylation sites (tertiary alicyclic amines) is 1. The second-order valence-electron chi connectivity index (χ2n) is 7.91. The molecule has 2 aliphatic heterocycles. The molecule has 3 N–H and O–H groups in total. The Morgan fingerprint density at radius 3 is 2.34 bits per heavy atom. The summed E-state index contributed by atoms with van der Waals surface area (Å²) in [4.78, 5) is 39.2. The summed E-state index contributed by atoms with van der Waals surface area (Å²) in [5.41, 5.74) is 1.75. The van der Waals surface area contributed by atoms with Gasteiger partial charge in [0.05, 0.1) is 10.5 Å². The van der Waals surface area contributed by atoms with Crippen LogP contribution in [0.4, 0.5) is 5.69 Å². The Hall–Kier alpha value is -3.24. The van der Waals surface area contributed by atoms with E-state index in [1.807, 2.05) is 12.1 Å². The van der Waals surface area contributed by atoms with Gasteiger partial charge in [-0.2, -0.15) is 0 Å². The van der Waals surface area contributed by atoms with Crippen molar-refractivity contribution in [1.82, 2.24) is 4.90 Å². The normalized spacial score (nSPS) is 19.1. The largest absolute Gasteiger partial charge is 0.448 e. The monoisotopic (exact) mass is 457 g/mol. The maximum Gasteiger partial charge on any atom is 0.339 e. The molecular weight excluding hydrogens is 434 g/mol. The van der Waals surface area contributed by atoms with Gasteiger partial charge >= 0.3 is 5.97 Å². The van der Waals surface area contributed by atoms with E-state index < -0.39 is 22.1 Å². The Morgan fingerprint density at radius 1 is 1.03 bits per heavy atom. The highest BCUT2D eigenvalue weighted by atomic mass is 32.2. The molecule has 0 aliphatic carbocycles. The van der Waals surface area contributed by atoms with Gasteiger partial charge in [0.15, 0.2) is 6.10 Å². The SMILES string of the molecule is NS(=O)(=O)c1ccc(NC(=O)C2CCN(C(=O)[C@H]3Cc4ccccc4C(=O)O3)CC2)cc1. The summed E-state index contributed by atoms with van der Waals surface area (Å²) >= 11 is 0. The number of carbonyl (C=O) groups is 3. The number of primary sulfonamides is 1. The molecular formula is C22H23N3O6S. The number of nitrogens with one attached hydrogen (secondary N) is 1. The van der Waals surface area contributed by atoms with Gasteiger partial charge < -0.3 is 15.0 Å². The molecule has 2 aromatic carbocycles. The lowest BCUT2D eigenvalue weighted by Crippen LogP contribution is -2.48. The van der Waals surface area contributed by atoms with Gasteiger partial charge in [0.25, 0.3) is 5.91 Å². The summed E-state index contributed by atoms with van der Waals surface area (Å²) in [6, 6.07) is 12.7. The summed E-state index contributed by atoms with van der Waals surface area (Å²) < 4.78 is 28.0. The topological polar surface area (TPSA) is 136 Å². The van der Waals surface area contributed by atoms with Gasteiger partial charge in [0.2, 0.25) is 15.9 Å². The molecule has 0 saturated carbocycles. The van der Waals surface area contributed by atoms with Crippen LogP contribution in [0.3, 0.4) is 0 Å². The third-order valence-electron chi connectivity index (χ3n) is 5.80. The van der Waals surface area contributed by atoms with Crippen LogP contribution in [-0.4, -0.2) is 50.3 Å². The molecule has 2 amide bonds. The van der Waals surface area contributed by atoms with Gasteiger partial charge in [-0.05, 0) is 48.7 Å². The first-order valence-electron chi connectivity index (χ1n) is 10.2. The number of fused-ring (bicyclic) bond motifs is 1. The summed E-state index contributed by atoms with van der Waals surface area (Å²) in [6.45, 7) is 0.772. The first kappa shape index (κ1) is 22.0. The zero-order valence-corrected chi connectivity index (χ0v) is 18.0. The van der Waals surface area contributed by atoms with Gasteiger partial charge in [0, 0.05) is 31.1 Å². The van der Waals surface area contributed by atoms with E-state index in [0.717, 1.165) is 5.56 Å². The Bertz CT molecular complexity index is 1150. The zero-order valence-electron chi connectivity index (χ0n) is 17.2. The van der Waals surface area contributed by atoms with E-state index in [9.17, 15) is 22.8 Å². The minimum absolute atomic E-state index is 0.0339. The van der Waals surface area contributed by atoms with Gasteiger partial charge in [0.1, 0.15) is 0 Å². The number of benzene rings is 2. The van der Waals surface area contributed by atoms with E-state index in [2.05, 4.69) is 5.32 Å². The second kappa shape index (κ2) is 8.71. The van der Waals surface area contributed by atoms with Gasteiger partial charge in [-0.1, -0.05) is 18.2 Å². The lowest BCUT2D eigenvalue weighted by molar-refractivity contribution is -0.143. The third kappa shape index (κ3) is 4.66. The molecule has 9 nitrogen and oxygen atoms in total. The van der Waals surface area contributed by atoms with Crippen molar-refractivity contribution >= 4 is 33.5 Å². The van der Waals surface area contributed by atoms with Crippen molar-refractivity contribution in [3.05, 3.63) is 59.7 Å². The molecule has 0 radical (unpaired) electrons. The van der Waals surface area contributed by atoms with Crippen LogP contribution in [0.1, 0.15) is 28.8 Å². The lowest BCUT2D eigenvalue weighted by Gasteiger charge is -2.34. The predicted octanol–water partition coefficient (Wildman–Crippen LogP) is 1.29. The highest BCUT2D eigenvalue weighted by Crippen LogP contribution is 2.25. The Labute approximate surface area is 185 Å². The third-order valence-corrected chi connectivity index (χ3v) is 6.72. The minimum atomic E-state index is -3.79. The fourth-order valence-electron chi connectivity index (χ4n) is 4.01. The maximum absolute atomic E-state index is 12.9. The number of amides is 2. The van der Waals surface area contributed by atoms with Crippen LogP contribution < -0.4 is 10.5 Å². The summed E-state index contributed by atoms with van der Waals surface area (Å²) in [5.74, 6) is -1.22. The molecule has 1 saturated heterocycles. The standard InChI is InChI=1S/C22H23N3O6S/c23-32(29,30)17-7-5-16(6-8-17)24-20(26)14-9-11-25(12-10-14)21(27)19-13-15-3-1-2-4-18(15)22(28)31-19/h1-8,14,19H,9-13H2,(H,24,26)(H2,23,29,30)/t19-/m1/s1. The number of nitrogens with two attached hydrogens (primary N) is 1. The first-order chi connectivity index (χ1) is 15.2. The van der Waals surface area contributed by atoms with Crippen LogP contribution >= 0.6 is 0 Å². The number of nitrogens with zero attached hydrogens (tertiary/aromatic N) is 1. The summed E-state index contributed by atoms with van der Waals surface area (Å²) in [5, 5.41) is 7.84. The van der Waals surface area contributed by atoms with Crippen molar-refractivity contribution in [2.24, 2.45) is 11.1 Å². The number of carbonyl (C=O) groups excluding carboxylic acids is 3. The number of hydrogen-bond acceptors (Lipinski definition) is 6. The molecule has 2 aliphatic rings. The average Bonchev–Trinajstić information content (AvgIpc) is 2.78. The molecule has 2 heterocycles. The quantitative estimate of drug-likeness (QED) is 0.664. The van der Waals surface area contributed by atoms with Crippen molar-refractivity contribution in [3.63, 3.8) is 0 Å². The highest BCUT2D eigenvalue weighted by Gasteiger charge is 2.36. The fourth-order valence-corrected chi connectivity index (χ4v) is 4.52. The van der Waals surface area contributed by atoms with Gasteiger partial charge in [-0.3, -0.25) is 9.59 Å². The number of sulfonamides is 1. The number of esters is 1. The van der Waals surface area contributed by atoms with E-state index >= 15 is 0 Å². The van der Waals surface area contributed by atoms with Gasteiger partial charge in [-0.25, -0.2) is 18.4 Å². The molecule has 32 heavy (non-hydrogen) atoms. The van der Waals surface area contributed by atoms with Crippen LogP contribution in [0.2, 0.25) is 0 Å². The first-order valence-corrected chi connectivity index (χ1v) is 11.8. The smallest absolute Gasteiger partial charge is 0.339 e. The van der Waals surface area contributed by atoms with Crippen LogP contribution in [-0.2, 0) is 30.8 Å². The van der Waals surface area contributed by atoms with Crippen LogP contribution in [0.15, 0.2) is 53.4 Å². The second-order valence-corrected chi connectivity index (χ2v) is 9.47. The number of cyclic esters (lactones) is 1. The van der Waals surface area contributed by atoms with E-state index in [-0.39, 0.29) is 22.6 Å². The lowest BCUT2D eigenvalue weighted by atomic mass is 9.94. The predicted molar refractivity (Wildman–Crippen MR) is 115 cm³/mol. The van der Waals surface area contributed by atoms with E-state index in [0.29, 0.717) is 43.6 Å². The number of ether oxygens (including phenoxy) is 1. The van der Waals surface area contributed by atoms with E-state index in [1.54, 1.807) is 17.0 Å². The van der Waals surface area contributed by atoms with Crippen LogP contribution in [0.5, 0.6) is 0 Å². The van der Waals surface area contributed by atoms with Crippen molar-refractivity contribution in [2.75, 3.05) is 18.4 Å². The molecule has 2 aromatic rings. The Morgan fingerprint density at radius 2 is 1.69 bits per heavy atom. The van der Waals surface area contributed by atoms with Crippen molar-refractivity contribution in [2.45, 2.75) is 30.3 Å². The molecule has 4 rings (SSSR count).